The monoisotopic (exact) mass is 251 g/mol. The first kappa shape index (κ1) is 15.2. The number of rotatable bonds is 7. The van der Waals surface area contributed by atoms with Crippen molar-refractivity contribution in [1.29, 1.82) is 0 Å². The Balaban J connectivity index is 4.51. The first-order chi connectivity index (χ1) is 7.34. The molecule has 16 heavy (non-hydrogen) atoms. The summed E-state index contributed by atoms with van der Waals surface area (Å²) >= 11 is 3.92. The van der Waals surface area contributed by atoms with Gasteiger partial charge in [-0.25, -0.2) is 4.79 Å². The molecule has 1 atom stereocenters. The zero-order chi connectivity index (χ0) is 12.8. The number of aliphatic hydroxyl groups is 2. The summed E-state index contributed by atoms with van der Waals surface area (Å²) in [5.41, 5.74) is -1.44. The van der Waals surface area contributed by atoms with Crippen molar-refractivity contribution in [2.24, 2.45) is 0 Å². The van der Waals surface area contributed by atoms with Crippen LogP contribution in [0.4, 0.5) is 0 Å². The molecule has 7 heteroatoms. The predicted octanol–water partition coefficient (Wildman–Crippen LogP) is -0.643. The third-order valence-corrected chi connectivity index (χ3v) is 2.70. The molecule has 0 heterocycles. The summed E-state index contributed by atoms with van der Waals surface area (Å²) in [6.07, 6.45) is -1.04. The summed E-state index contributed by atoms with van der Waals surface area (Å²) in [6.45, 7) is 1.22. The van der Waals surface area contributed by atoms with Crippen LogP contribution >= 0.6 is 12.6 Å². The highest BCUT2D eigenvalue weighted by molar-refractivity contribution is 7.80. The molecule has 0 rings (SSSR count). The summed E-state index contributed by atoms with van der Waals surface area (Å²) in [5, 5.41) is 28.7. The minimum absolute atomic E-state index is 0.0521. The molecule has 0 aliphatic rings. The van der Waals surface area contributed by atoms with E-state index in [1.807, 2.05) is 0 Å². The fourth-order valence-electron chi connectivity index (χ4n) is 1.33. The van der Waals surface area contributed by atoms with Crippen molar-refractivity contribution in [1.82, 2.24) is 5.32 Å². The lowest BCUT2D eigenvalue weighted by molar-refractivity contribution is -0.146. The number of thiol groups is 1. The van der Waals surface area contributed by atoms with Crippen LogP contribution in [0, 0.1) is 0 Å². The summed E-state index contributed by atoms with van der Waals surface area (Å²) in [4.78, 5) is 22.0. The molecule has 0 spiro atoms. The zero-order valence-electron chi connectivity index (χ0n) is 9.01. The van der Waals surface area contributed by atoms with Crippen molar-refractivity contribution in [3.63, 3.8) is 0 Å². The zero-order valence-corrected chi connectivity index (χ0v) is 9.91. The molecule has 4 N–H and O–H groups in total. The molecular weight excluding hydrogens is 234 g/mol. The second-order valence-electron chi connectivity index (χ2n) is 3.60. The molecule has 0 aromatic carbocycles. The Morgan fingerprint density at radius 2 is 2.00 bits per heavy atom. The van der Waals surface area contributed by atoms with Crippen molar-refractivity contribution < 1.29 is 24.9 Å². The number of carboxylic acid groups (broad SMARTS) is 1. The van der Waals surface area contributed by atoms with E-state index < -0.39 is 23.7 Å². The molecule has 0 fully saturated rings. The Morgan fingerprint density at radius 3 is 2.31 bits per heavy atom. The summed E-state index contributed by atoms with van der Waals surface area (Å²) in [7, 11) is 0. The van der Waals surface area contributed by atoms with Gasteiger partial charge in [-0.3, -0.25) is 4.79 Å². The van der Waals surface area contributed by atoms with Crippen LogP contribution in [-0.4, -0.2) is 44.8 Å². The molecule has 0 unspecified atom stereocenters. The van der Waals surface area contributed by atoms with Gasteiger partial charge in [0, 0.05) is 12.7 Å². The van der Waals surface area contributed by atoms with Crippen LogP contribution in [0.15, 0.2) is 0 Å². The van der Waals surface area contributed by atoms with Crippen molar-refractivity contribution >= 4 is 24.5 Å². The van der Waals surface area contributed by atoms with Crippen LogP contribution < -0.4 is 5.32 Å². The van der Waals surface area contributed by atoms with E-state index in [1.165, 1.54) is 6.92 Å². The topological polar surface area (TPSA) is 107 Å². The number of hydrogen-bond donors (Lipinski definition) is 5. The summed E-state index contributed by atoms with van der Waals surface area (Å²) < 4.78 is 0. The number of carboxylic acids is 1. The van der Waals surface area contributed by atoms with E-state index in [9.17, 15) is 9.59 Å². The van der Waals surface area contributed by atoms with Gasteiger partial charge in [0.2, 0.25) is 5.91 Å². The number of aliphatic carboxylic acids is 1. The van der Waals surface area contributed by atoms with Crippen LogP contribution in [0.1, 0.15) is 26.2 Å². The lowest BCUT2D eigenvalue weighted by atomic mass is 9.94. The fraction of sp³-hybridized carbons (Fsp3) is 0.778. The van der Waals surface area contributed by atoms with Crippen LogP contribution in [-0.2, 0) is 9.59 Å². The molecule has 0 aromatic heterocycles. The van der Waals surface area contributed by atoms with Gasteiger partial charge in [0.1, 0.15) is 5.54 Å². The first-order valence-corrected chi connectivity index (χ1v) is 5.46. The highest BCUT2D eigenvalue weighted by Crippen LogP contribution is 2.17. The molecule has 6 nitrogen and oxygen atoms in total. The van der Waals surface area contributed by atoms with Gasteiger partial charge >= 0.3 is 5.97 Å². The van der Waals surface area contributed by atoms with Crippen molar-refractivity contribution in [2.45, 2.75) is 38.0 Å². The molecule has 0 saturated heterocycles. The van der Waals surface area contributed by atoms with E-state index in [2.05, 4.69) is 17.9 Å². The molecule has 0 aliphatic heterocycles. The van der Waals surface area contributed by atoms with Gasteiger partial charge in [0.25, 0.3) is 0 Å². The first-order valence-electron chi connectivity index (χ1n) is 4.83. The molecule has 1 amide bonds. The van der Waals surface area contributed by atoms with Gasteiger partial charge in [0.15, 0.2) is 6.29 Å². The molecule has 94 valence electrons. The van der Waals surface area contributed by atoms with E-state index in [-0.39, 0.29) is 25.0 Å². The molecule has 0 bridgehead atoms. The van der Waals surface area contributed by atoms with Gasteiger partial charge in [-0.2, -0.15) is 12.6 Å². The van der Waals surface area contributed by atoms with E-state index >= 15 is 0 Å². The smallest absolute Gasteiger partial charge is 0.330 e. The predicted molar refractivity (Wildman–Crippen MR) is 60.1 cm³/mol. The highest BCUT2D eigenvalue weighted by atomic mass is 32.1. The second kappa shape index (κ2) is 6.72. The summed E-state index contributed by atoms with van der Waals surface area (Å²) in [5.74, 6) is -1.69. The minimum atomic E-state index is -1.47. The Hall–Kier alpha value is -0.790. The maximum absolute atomic E-state index is 11.1. The van der Waals surface area contributed by atoms with E-state index in [0.717, 1.165) is 0 Å². The van der Waals surface area contributed by atoms with Crippen molar-refractivity contribution in [3.05, 3.63) is 0 Å². The Bertz CT molecular complexity index is 258. The average Bonchev–Trinajstić information content (AvgIpc) is 2.14. The number of carbonyl (C=O) groups is 2. The van der Waals surface area contributed by atoms with Gasteiger partial charge in [-0.15, -0.1) is 0 Å². The fourth-order valence-corrected chi connectivity index (χ4v) is 1.70. The van der Waals surface area contributed by atoms with Gasteiger partial charge < -0.3 is 20.6 Å². The number of carbonyl (C=O) groups excluding carboxylic acids is 1. The number of amides is 1. The molecule has 0 aromatic rings. The number of nitrogens with one attached hydrogen (secondary N) is 1. The second-order valence-corrected chi connectivity index (χ2v) is 3.92. The average molecular weight is 251 g/mol. The SMILES string of the molecule is CC(=O)N[C@](CS)(CCCC(O)O)C(=O)O. The highest BCUT2D eigenvalue weighted by Gasteiger charge is 2.37. The Labute approximate surface area is 99.1 Å². The van der Waals surface area contributed by atoms with Crippen LogP contribution in [0.5, 0.6) is 0 Å². The van der Waals surface area contributed by atoms with E-state index in [1.54, 1.807) is 0 Å². The summed E-state index contributed by atoms with van der Waals surface area (Å²) in [6, 6.07) is 0. The quantitative estimate of drug-likeness (QED) is 0.305. The van der Waals surface area contributed by atoms with Gasteiger partial charge in [-0.05, 0) is 19.3 Å². The van der Waals surface area contributed by atoms with Crippen LogP contribution in [0.2, 0.25) is 0 Å². The van der Waals surface area contributed by atoms with Crippen molar-refractivity contribution in [2.75, 3.05) is 5.75 Å². The van der Waals surface area contributed by atoms with E-state index in [4.69, 9.17) is 15.3 Å². The molecule has 0 aliphatic carbocycles. The standard InChI is InChI=1S/C9H17NO5S/c1-6(11)10-9(5-16,8(14)15)4-2-3-7(12)13/h7,12-13,16H,2-5H2,1H3,(H,10,11)(H,14,15)/t9-/m0/s1. The lowest BCUT2D eigenvalue weighted by Crippen LogP contribution is -2.55. The Kier molecular flexibility index (Phi) is 6.39. The minimum Gasteiger partial charge on any atom is -0.479 e. The third kappa shape index (κ3) is 4.82. The Morgan fingerprint density at radius 1 is 1.44 bits per heavy atom. The van der Waals surface area contributed by atoms with Gasteiger partial charge in [0.05, 0.1) is 0 Å². The van der Waals surface area contributed by atoms with E-state index in [0.29, 0.717) is 0 Å². The normalized spacial score (nSPS) is 14.6. The molecule has 0 radical (unpaired) electrons. The van der Waals surface area contributed by atoms with Crippen molar-refractivity contribution in [3.8, 4) is 0 Å². The molecule has 0 saturated carbocycles. The number of aliphatic hydroxyl groups excluding tert-OH is 1. The molecular formula is C9H17NO5S. The maximum Gasteiger partial charge on any atom is 0.330 e. The maximum atomic E-state index is 11.1. The largest absolute Gasteiger partial charge is 0.479 e. The van der Waals surface area contributed by atoms with Gasteiger partial charge in [-0.1, -0.05) is 0 Å². The van der Waals surface area contributed by atoms with Crippen LogP contribution in [0.25, 0.3) is 0 Å². The van der Waals surface area contributed by atoms with Crippen LogP contribution in [0.3, 0.4) is 0 Å². The lowest BCUT2D eigenvalue weighted by Gasteiger charge is -2.28. The third-order valence-electron chi connectivity index (χ3n) is 2.16. The number of hydrogen-bond acceptors (Lipinski definition) is 5.